The molecular weight excluding hydrogens is 322 g/mol. The van der Waals surface area contributed by atoms with Crippen LogP contribution in [-0.4, -0.2) is 56.8 Å². The van der Waals surface area contributed by atoms with E-state index in [4.69, 9.17) is 4.52 Å². The van der Waals surface area contributed by atoms with Crippen LogP contribution in [0.15, 0.2) is 27.5 Å². The molecule has 2 aromatic heterocycles. The Morgan fingerprint density at radius 1 is 1.24 bits per heavy atom. The summed E-state index contributed by atoms with van der Waals surface area (Å²) in [5.74, 6) is 0.714. The van der Waals surface area contributed by atoms with Crippen molar-refractivity contribution in [3.63, 3.8) is 0 Å². The van der Waals surface area contributed by atoms with Crippen LogP contribution in [0, 0.1) is 6.92 Å². The third-order valence-corrected chi connectivity index (χ3v) is 4.24. The minimum Gasteiger partial charge on any atom is -0.360 e. The molecule has 0 aromatic carbocycles. The number of piperazine rings is 1. The lowest BCUT2D eigenvalue weighted by atomic mass is 10.2. The van der Waals surface area contributed by atoms with Gasteiger partial charge in [-0.15, -0.1) is 0 Å². The average Bonchev–Trinajstić information content (AvgIpc) is 3.02. The van der Waals surface area contributed by atoms with Crippen molar-refractivity contribution >= 4 is 5.91 Å². The summed E-state index contributed by atoms with van der Waals surface area (Å²) >= 11 is 0. The van der Waals surface area contributed by atoms with Gasteiger partial charge >= 0.3 is 0 Å². The van der Waals surface area contributed by atoms with Gasteiger partial charge in [-0.05, 0) is 19.4 Å². The topological polar surface area (TPSA) is 84.5 Å². The molecule has 0 aliphatic carbocycles. The molecule has 1 aliphatic rings. The maximum atomic E-state index is 12.6. The van der Waals surface area contributed by atoms with E-state index >= 15 is 0 Å². The van der Waals surface area contributed by atoms with E-state index in [1.54, 1.807) is 4.90 Å². The van der Waals surface area contributed by atoms with Crippen LogP contribution in [0.2, 0.25) is 0 Å². The van der Waals surface area contributed by atoms with E-state index in [9.17, 15) is 9.59 Å². The van der Waals surface area contributed by atoms with Crippen molar-refractivity contribution in [2.24, 2.45) is 0 Å². The van der Waals surface area contributed by atoms with E-state index in [1.807, 2.05) is 19.9 Å². The molecule has 25 heavy (non-hydrogen) atoms. The molecule has 1 amide bonds. The summed E-state index contributed by atoms with van der Waals surface area (Å²) in [6.07, 6.45) is 0.796. The molecule has 0 spiro atoms. The predicted octanol–water partition coefficient (Wildman–Crippen LogP) is 0.908. The molecule has 1 saturated heterocycles. The molecule has 0 bridgehead atoms. The zero-order chi connectivity index (χ0) is 17.8. The zero-order valence-corrected chi connectivity index (χ0v) is 14.6. The van der Waals surface area contributed by atoms with E-state index in [2.05, 4.69) is 15.2 Å². The molecule has 0 N–H and O–H groups in total. The Balaban J connectivity index is 1.59. The highest BCUT2D eigenvalue weighted by atomic mass is 16.5. The molecule has 1 fully saturated rings. The van der Waals surface area contributed by atoms with Gasteiger partial charge in [-0.3, -0.25) is 14.5 Å². The number of amides is 1. The van der Waals surface area contributed by atoms with Gasteiger partial charge in [0.25, 0.3) is 11.5 Å². The van der Waals surface area contributed by atoms with Crippen molar-refractivity contribution < 1.29 is 9.32 Å². The summed E-state index contributed by atoms with van der Waals surface area (Å²) in [6.45, 7) is 7.86. The van der Waals surface area contributed by atoms with Gasteiger partial charge in [0.2, 0.25) is 0 Å². The highest BCUT2D eigenvalue weighted by Crippen LogP contribution is 2.11. The van der Waals surface area contributed by atoms with Crippen molar-refractivity contribution in [1.82, 2.24) is 24.7 Å². The van der Waals surface area contributed by atoms with Gasteiger partial charge in [-0.2, -0.15) is 5.10 Å². The quantitative estimate of drug-likeness (QED) is 0.801. The van der Waals surface area contributed by atoms with Crippen LogP contribution in [0.1, 0.15) is 35.3 Å². The number of aryl methyl sites for hydroxylation is 2. The summed E-state index contributed by atoms with van der Waals surface area (Å²) < 4.78 is 6.60. The fourth-order valence-corrected chi connectivity index (χ4v) is 2.92. The van der Waals surface area contributed by atoms with Gasteiger partial charge in [0.15, 0.2) is 5.76 Å². The third kappa shape index (κ3) is 4.14. The van der Waals surface area contributed by atoms with E-state index in [1.165, 1.54) is 16.8 Å². The van der Waals surface area contributed by atoms with Crippen LogP contribution >= 0.6 is 0 Å². The number of rotatable bonds is 5. The van der Waals surface area contributed by atoms with Gasteiger partial charge in [0.1, 0.15) is 5.69 Å². The minimum absolute atomic E-state index is 0.125. The number of hydrogen-bond acceptors (Lipinski definition) is 6. The molecule has 0 saturated carbocycles. The second kappa shape index (κ2) is 7.60. The van der Waals surface area contributed by atoms with Crippen molar-refractivity contribution in [2.75, 3.05) is 26.2 Å². The van der Waals surface area contributed by atoms with E-state index in [0.29, 0.717) is 31.9 Å². The predicted molar refractivity (Wildman–Crippen MR) is 91.2 cm³/mol. The summed E-state index contributed by atoms with van der Waals surface area (Å²) in [5, 5.41) is 8.10. The summed E-state index contributed by atoms with van der Waals surface area (Å²) in [7, 11) is 0. The van der Waals surface area contributed by atoms with E-state index < -0.39 is 0 Å². The molecule has 3 rings (SSSR count). The van der Waals surface area contributed by atoms with Crippen LogP contribution in [-0.2, 0) is 13.1 Å². The number of carbonyl (C=O) groups is 1. The number of aromatic nitrogens is 3. The molecule has 134 valence electrons. The highest BCUT2D eigenvalue weighted by molar-refractivity contribution is 5.92. The lowest BCUT2D eigenvalue weighted by Crippen LogP contribution is -2.48. The molecule has 3 heterocycles. The van der Waals surface area contributed by atoms with Gasteiger partial charge in [-0.1, -0.05) is 12.1 Å². The number of nitrogens with zero attached hydrogens (tertiary/aromatic N) is 5. The summed E-state index contributed by atoms with van der Waals surface area (Å²) in [5.41, 5.74) is 1.02. The van der Waals surface area contributed by atoms with Crippen LogP contribution in [0.4, 0.5) is 0 Å². The first-order chi connectivity index (χ1) is 12.1. The largest absolute Gasteiger partial charge is 0.360 e. The molecule has 0 atom stereocenters. The fourth-order valence-electron chi connectivity index (χ4n) is 2.92. The second-order valence-corrected chi connectivity index (χ2v) is 6.28. The number of carbonyl (C=O) groups excluding carboxylic acids is 1. The minimum atomic E-state index is -0.175. The van der Waals surface area contributed by atoms with Crippen molar-refractivity contribution in [2.45, 2.75) is 33.4 Å². The molecule has 0 unspecified atom stereocenters. The Bertz CT molecular complexity index is 790. The standard InChI is InChI=1S/C17H23N5O3/c1-3-6-22-16(23)5-4-15(18-22)17(24)21-9-7-20(8-10-21)12-14-11-13(2)19-25-14/h4-5,11H,3,6-10,12H2,1-2H3. The van der Waals surface area contributed by atoms with Gasteiger partial charge < -0.3 is 9.42 Å². The molecule has 1 aliphatic heterocycles. The Kier molecular flexibility index (Phi) is 5.28. The zero-order valence-electron chi connectivity index (χ0n) is 14.6. The first-order valence-electron chi connectivity index (χ1n) is 8.59. The average molecular weight is 345 g/mol. The fraction of sp³-hybridized carbons (Fsp3) is 0.529. The molecule has 8 heteroatoms. The second-order valence-electron chi connectivity index (χ2n) is 6.28. The smallest absolute Gasteiger partial charge is 0.274 e. The number of hydrogen-bond donors (Lipinski definition) is 0. The van der Waals surface area contributed by atoms with Crippen LogP contribution in [0.25, 0.3) is 0 Å². The third-order valence-electron chi connectivity index (χ3n) is 4.24. The monoisotopic (exact) mass is 345 g/mol. The normalized spacial score (nSPS) is 15.5. The Hall–Kier alpha value is -2.48. The van der Waals surface area contributed by atoms with Gasteiger partial charge in [-0.25, -0.2) is 4.68 Å². The first kappa shape index (κ1) is 17.3. The molecule has 8 nitrogen and oxygen atoms in total. The van der Waals surface area contributed by atoms with E-state index in [0.717, 1.165) is 31.0 Å². The maximum absolute atomic E-state index is 12.6. The van der Waals surface area contributed by atoms with Gasteiger partial charge in [0.05, 0.1) is 12.2 Å². The lowest BCUT2D eigenvalue weighted by Gasteiger charge is -2.33. The summed E-state index contributed by atoms with van der Waals surface area (Å²) in [6, 6.07) is 4.86. The van der Waals surface area contributed by atoms with Crippen molar-refractivity contribution in [3.05, 3.63) is 45.7 Å². The lowest BCUT2D eigenvalue weighted by molar-refractivity contribution is 0.0609. The first-order valence-corrected chi connectivity index (χ1v) is 8.59. The molecule has 0 radical (unpaired) electrons. The van der Waals surface area contributed by atoms with Gasteiger partial charge in [0, 0.05) is 44.9 Å². The SMILES string of the molecule is CCCn1nc(C(=O)N2CCN(Cc3cc(C)no3)CC2)ccc1=O. The summed E-state index contributed by atoms with van der Waals surface area (Å²) in [4.78, 5) is 28.4. The van der Waals surface area contributed by atoms with Crippen molar-refractivity contribution in [1.29, 1.82) is 0 Å². The van der Waals surface area contributed by atoms with Crippen molar-refractivity contribution in [3.8, 4) is 0 Å². The maximum Gasteiger partial charge on any atom is 0.274 e. The Morgan fingerprint density at radius 2 is 2.00 bits per heavy atom. The molecule has 2 aromatic rings. The van der Waals surface area contributed by atoms with E-state index in [-0.39, 0.29) is 11.5 Å². The Labute approximate surface area is 146 Å². The van der Waals surface area contributed by atoms with Crippen LogP contribution < -0.4 is 5.56 Å². The van der Waals surface area contributed by atoms with Crippen LogP contribution in [0.5, 0.6) is 0 Å². The molecular formula is C17H23N5O3. The highest BCUT2D eigenvalue weighted by Gasteiger charge is 2.24. The van der Waals surface area contributed by atoms with Crippen LogP contribution in [0.3, 0.4) is 0 Å². The Morgan fingerprint density at radius 3 is 2.64 bits per heavy atom.